The number of amides is 1. The van der Waals surface area contributed by atoms with Gasteiger partial charge in [0.05, 0.1) is 17.1 Å². The molecule has 25 heavy (non-hydrogen) atoms. The Morgan fingerprint density at radius 2 is 1.96 bits per heavy atom. The number of pyridine rings is 1. The van der Waals surface area contributed by atoms with Crippen LogP contribution in [0.15, 0.2) is 12.3 Å². The second kappa shape index (κ2) is 8.60. The molecule has 0 atom stereocenters. The zero-order valence-corrected chi connectivity index (χ0v) is 15.1. The van der Waals surface area contributed by atoms with E-state index in [1.165, 1.54) is 0 Å². The minimum absolute atomic E-state index is 0.121. The molecule has 7 nitrogen and oxygen atoms in total. The number of rotatable bonds is 9. The summed E-state index contributed by atoms with van der Waals surface area (Å²) in [7, 11) is 0. The normalized spacial score (nSPS) is 11.2. The molecule has 2 heterocycles. The van der Waals surface area contributed by atoms with E-state index in [2.05, 4.69) is 15.4 Å². The quantitative estimate of drug-likeness (QED) is 0.680. The highest BCUT2D eigenvalue weighted by Crippen LogP contribution is 2.21. The lowest BCUT2D eigenvalue weighted by atomic mass is 10.1. The van der Waals surface area contributed by atoms with Crippen molar-refractivity contribution in [2.45, 2.75) is 58.9 Å². The molecule has 0 aliphatic carbocycles. The highest BCUT2D eigenvalue weighted by Gasteiger charge is 2.16. The number of aliphatic carboxylic acids is 1. The van der Waals surface area contributed by atoms with Crippen molar-refractivity contribution < 1.29 is 14.7 Å². The van der Waals surface area contributed by atoms with E-state index in [0.717, 1.165) is 36.0 Å². The van der Waals surface area contributed by atoms with E-state index in [4.69, 9.17) is 5.11 Å². The predicted octanol–water partition coefficient (Wildman–Crippen LogP) is 3.09. The van der Waals surface area contributed by atoms with E-state index in [9.17, 15) is 9.59 Å². The van der Waals surface area contributed by atoms with Crippen molar-refractivity contribution in [3.63, 3.8) is 0 Å². The third-order valence-corrected chi connectivity index (χ3v) is 4.03. The Labute approximate surface area is 147 Å². The monoisotopic (exact) mass is 346 g/mol. The van der Waals surface area contributed by atoms with Gasteiger partial charge in [-0.15, -0.1) is 0 Å². The summed E-state index contributed by atoms with van der Waals surface area (Å²) >= 11 is 0. The van der Waals surface area contributed by atoms with Gasteiger partial charge >= 0.3 is 5.97 Å². The van der Waals surface area contributed by atoms with Crippen LogP contribution in [0.4, 0.5) is 0 Å². The molecule has 0 bridgehead atoms. The first-order valence-electron chi connectivity index (χ1n) is 8.75. The zero-order chi connectivity index (χ0) is 18.4. The van der Waals surface area contributed by atoms with Crippen LogP contribution >= 0.6 is 0 Å². The van der Waals surface area contributed by atoms with Crippen LogP contribution in [0, 0.1) is 6.92 Å². The molecule has 2 aromatic rings. The van der Waals surface area contributed by atoms with Gasteiger partial charge in [0.2, 0.25) is 0 Å². The van der Waals surface area contributed by atoms with Crippen molar-refractivity contribution >= 4 is 22.9 Å². The van der Waals surface area contributed by atoms with E-state index in [0.29, 0.717) is 18.5 Å². The number of carboxylic acids is 1. The summed E-state index contributed by atoms with van der Waals surface area (Å²) in [6, 6.07) is 1.96. The fourth-order valence-electron chi connectivity index (χ4n) is 2.76. The molecule has 0 spiro atoms. The molecule has 7 heteroatoms. The first-order valence-corrected chi connectivity index (χ1v) is 8.75. The smallest absolute Gasteiger partial charge is 0.303 e. The zero-order valence-electron chi connectivity index (χ0n) is 15.1. The molecule has 0 radical (unpaired) electrons. The summed E-state index contributed by atoms with van der Waals surface area (Å²) in [5, 5.41) is 16.6. The first-order chi connectivity index (χ1) is 11.9. The maximum absolute atomic E-state index is 12.5. The van der Waals surface area contributed by atoms with Crippen molar-refractivity contribution in [3.8, 4) is 0 Å². The SMILES string of the molecule is Cc1cc(C(=O)NCCCCCCC(=O)O)c2cnn(C(C)C)c2n1. The molecular weight excluding hydrogens is 320 g/mol. The van der Waals surface area contributed by atoms with Crippen LogP contribution < -0.4 is 5.32 Å². The van der Waals surface area contributed by atoms with E-state index < -0.39 is 5.97 Å². The van der Waals surface area contributed by atoms with Gasteiger partial charge in [0.15, 0.2) is 5.65 Å². The molecule has 2 aromatic heterocycles. The van der Waals surface area contributed by atoms with Crippen LogP contribution in [0.25, 0.3) is 11.0 Å². The van der Waals surface area contributed by atoms with Crippen molar-refractivity contribution in [3.05, 3.63) is 23.5 Å². The van der Waals surface area contributed by atoms with Crippen LogP contribution in [0.1, 0.15) is 68.0 Å². The topological polar surface area (TPSA) is 97.1 Å². The number of aryl methyl sites for hydroxylation is 1. The molecule has 0 aliphatic rings. The van der Waals surface area contributed by atoms with Crippen molar-refractivity contribution in [2.24, 2.45) is 0 Å². The van der Waals surface area contributed by atoms with Gasteiger partial charge in [-0.3, -0.25) is 9.59 Å². The van der Waals surface area contributed by atoms with Gasteiger partial charge in [-0.25, -0.2) is 9.67 Å². The average Bonchev–Trinajstić information content (AvgIpc) is 2.96. The molecule has 0 aliphatic heterocycles. The van der Waals surface area contributed by atoms with Gasteiger partial charge in [0.25, 0.3) is 5.91 Å². The summed E-state index contributed by atoms with van der Waals surface area (Å²) in [5.41, 5.74) is 2.11. The highest BCUT2D eigenvalue weighted by molar-refractivity contribution is 6.05. The number of nitrogens with zero attached hydrogens (tertiary/aromatic N) is 3. The van der Waals surface area contributed by atoms with E-state index in [1.807, 2.05) is 25.5 Å². The average molecular weight is 346 g/mol. The largest absolute Gasteiger partial charge is 0.481 e. The lowest BCUT2D eigenvalue weighted by Crippen LogP contribution is -2.25. The Kier molecular flexibility index (Phi) is 6.50. The number of aromatic nitrogens is 3. The van der Waals surface area contributed by atoms with Gasteiger partial charge in [-0.1, -0.05) is 12.8 Å². The highest BCUT2D eigenvalue weighted by atomic mass is 16.4. The molecule has 2 rings (SSSR count). The van der Waals surface area contributed by atoms with Crippen LogP contribution in [0.5, 0.6) is 0 Å². The van der Waals surface area contributed by atoms with E-state index in [-0.39, 0.29) is 18.4 Å². The maximum atomic E-state index is 12.5. The third kappa shape index (κ3) is 5.01. The van der Waals surface area contributed by atoms with Gasteiger partial charge < -0.3 is 10.4 Å². The number of nitrogens with one attached hydrogen (secondary N) is 1. The molecule has 2 N–H and O–H groups in total. The molecule has 0 unspecified atom stereocenters. The number of carboxylic acid groups (broad SMARTS) is 1. The van der Waals surface area contributed by atoms with Gasteiger partial charge in [0, 0.05) is 24.7 Å². The molecule has 0 fully saturated rings. The first kappa shape index (κ1) is 18.9. The minimum atomic E-state index is -0.757. The second-order valence-electron chi connectivity index (χ2n) is 6.55. The number of carbonyl (C=O) groups excluding carboxylic acids is 1. The Balaban J connectivity index is 1.94. The number of hydrogen-bond acceptors (Lipinski definition) is 4. The third-order valence-electron chi connectivity index (χ3n) is 4.03. The molecule has 0 saturated carbocycles. The Hall–Kier alpha value is -2.44. The fourth-order valence-corrected chi connectivity index (χ4v) is 2.76. The van der Waals surface area contributed by atoms with Crippen LogP contribution in [0.3, 0.4) is 0 Å². The summed E-state index contributed by atoms with van der Waals surface area (Å²) < 4.78 is 1.82. The summed E-state index contributed by atoms with van der Waals surface area (Å²) in [5.74, 6) is -0.878. The summed E-state index contributed by atoms with van der Waals surface area (Å²) in [6.07, 6.45) is 5.19. The number of hydrogen-bond donors (Lipinski definition) is 2. The molecule has 136 valence electrons. The van der Waals surface area contributed by atoms with Gasteiger partial charge in [-0.2, -0.15) is 5.10 Å². The maximum Gasteiger partial charge on any atom is 0.303 e. The molecule has 0 aromatic carbocycles. The molecular formula is C18H26N4O3. The molecule has 1 amide bonds. The summed E-state index contributed by atoms with van der Waals surface area (Å²) in [4.78, 5) is 27.5. The van der Waals surface area contributed by atoms with Crippen LogP contribution in [-0.4, -0.2) is 38.3 Å². The van der Waals surface area contributed by atoms with Gasteiger partial charge in [-0.05, 0) is 39.7 Å². The van der Waals surface area contributed by atoms with Crippen molar-refractivity contribution in [1.82, 2.24) is 20.1 Å². The number of carbonyl (C=O) groups is 2. The second-order valence-corrected chi connectivity index (χ2v) is 6.55. The number of unbranched alkanes of at least 4 members (excludes halogenated alkanes) is 3. The van der Waals surface area contributed by atoms with Crippen molar-refractivity contribution in [2.75, 3.05) is 6.54 Å². The van der Waals surface area contributed by atoms with Crippen LogP contribution in [-0.2, 0) is 4.79 Å². The predicted molar refractivity (Wildman–Crippen MR) is 95.7 cm³/mol. The van der Waals surface area contributed by atoms with Crippen LogP contribution in [0.2, 0.25) is 0 Å². The fraction of sp³-hybridized carbons (Fsp3) is 0.556. The van der Waals surface area contributed by atoms with Gasteiger partial charge in [0.1, 0.15) is 0 Å². The van der Waals surface area contributed by atoms with E-state index >= 15 is 0 Å². The van der Waals surface area contributed by atoms with E-state index in [1.54, 1.807) is 12.3 Å². The minimum Gasteiger partial charge on any atom is -0.481 e. The Morgan fingerprint density at radius 1 is 1.24 bits per heavy atom. The number of fused-ring (bicyclic) bond motifs is 1. The molecule has 0 saturated heterocycles. The standard InChI is InChI=1S/C18H26N4O3/c1-12(2)22-17-15(11-20-22)14(10-13(3)21-17)18(25)19-9-7-5-4-6-8-16(23)24/h10-12H,4-9H2,1-3H3,(H,19,25)(H,23,24). The van der Waals surface area contributed by atoms with Crippen molar-refractivity contribution in [1.29, 1.82) is 0 Å². The lowest BCUT2D eigenvalue weighted by Gasteiger charge is -2.09. The summed E-state index contributed by atoms with van der Waals surface area (Å²) in [6.45, 7) is 6.50. The Morgan fingerprint density at radius 3 is 2.64 bits per heavy atom. The lowest BCUT2D eigenvalue weighted by molar-refractivity contribution is -0.137. The Bertz CT molecular complexity index is 752.